The van der Waals surface area contributed by atoms with Crippen LogP contribution in [0.2, 0.25) is 0 Å². The molecule has 0 spiro atoms. The van der Waals surface area contributed by atoms with Gasteiger partial charge in [-0.1, -0.05) is 146 Å². The molecule has 2 nitrogen and oxygen atoms in total. The molecule has 0 atom stereocenters. The Labute approximate surface area is 290 Å². The van der Waals surface area contributed by atoms with Crippen molar-refractivity contribution in [2.75, 3.05) is 4.90 Å². The van der Waals surface area contributed by atoms with Crippen molar-refractivity contribution >= 4 is 71.3 Å². The van der Waals surface area contributed by atoms with E-state index in [1.54, 1.807) is 0 Å². The first kappa shape index (κ1) is 28.4. The van der Waals surface area contributed by atoms with Crippen molar-refractivity contribution in [3.05, 3.63) is 188 Å². The molecule has 0 aliphatic carbocycles. The van der Waals surface area contributed by atoms with Gasteiger partial charge in [0.05, 0.1) is 5.69 Å². The van der Waals surface area contributed by atoms with Crippen LogP contribution in [-0.2, 0) is 0 Å². The van der Waals surface area contributed by atoms with Gasteiger partial charge in [-0.2, -0.15) is 0 Å². The smallest absolute Gasteiger partial charge is 0.159 e. The molecular weight excluding hydrogens is 607 g/mol. The lowest BCUT2D eigenvalue weighted by Crippen LogP contribution is -2.10. The number of fused-ring (bicyclic) bond motifs is 6. The Bertz CT molecular complexity index is 2870. The van der Waals surface area contributed by atoms with Crippen LogP contribution in [0.4, 0.5) is 17.1 Å². The minimum atomic E-state index is 0.861. The fourth-order valence-electron chi connectivity index (χ4n) is 7.57. The van der Waals surface area contributed by atoms with E-state index in [-0.39, 0.29) is 0 Å². The summed E-state index contributed by atoms with van der Waals surface area (Å²) < 4.78 is 7.15. The van der Waals surface area contributed by atoms with E-state index in [9.17, 15) is 0 Å². The predicted octanol–water partition coefficient (Wildman–Crippen LogP) is 13.8. The van der Waals surface area contributed by atoms with Gasteiger partial charge in [0.25, 0.3) is 0 Å². The monoisotopic (exact) mass is 637 g/mol. The van der Waals surface area contributed by atoms with Gasteiger partial charge in [-0.25, -0.2) is 0 Å². The van der Waals surface area contributed by atoms with Crippen molar-refractivity contribution in [3.8, 4) is 22.3 Å². The predicted molar refractivity (Wildman–Crippen MR) is 212 cm³/mol. The molecule has 0 N–H and O–H groups in total. The van der Waals surface area contributed by atoms with Gasteiger partial charge >= 0.3 is 0 Å². The lowest BCUT2D eigenvalue weighted by atomic mass is 9.94. The first-order valence-electron chi connectivity index (χ1n) is 17.1. The second kappa shape index (κ2) is 11.5. The standard InChI is InChI=1S/C48H31NO/c1-2-11-32(12-3-1)35-23-26-40(27-24-35)49(41-28-25-34-14-5-7-16-37(34)30-41)45-20-10-19-43-44-31-38-17-8-9-18-42(38)46(48(44)50-47(43)45)39-22-21-33-13-4-6-15-36(33)29-39/h1-31H. The van der Waals surface area contributed by atoms with Gasteiger partial charge in [-0.15, -0.1) is 0 Å². The summed E-state index contributed by atoms with van der Waals surface area (Å²) in [6.07, 6.45) is 0. The van der Waals surface area contributed by atoms with Crippen LogP contribution in [0.3, 0.4) is 0 Å². The molecule has 0 aliphatic heterocycles. The summed E-state index contributed by atoms with van der Waals surface area (Å²) in [7, 11) is 0. The third-order valence-corrected chi connectivity index (χ3v) is 9.99. The van der Waals surface area contributed by atoms with Crippen LogP contribution < -0.4 is 4.90 Å². The molecule has 0 bridgehead atoms. The number of hydrogen-bond acceptors (Lipinski definition) is 2. The van der Waals surface area contributed by atoms with Gasteiger partial charge in [-0.3, -0.25) is 0 Å². The molecule has 0 fully saturated rings. The van der Waals surface area contributed by atoms with Gasteiger partial charge in [0, 0.05) is 27.7 Å². The maximum Gasteiger partial charge on any atom is 0.159 e. The average molecular weight is 638 g/mol. The summed E-state index contributed by atoms with van der Waals surface area (Å²) in [5.41, 5.74) is 9.54. The second-order valence-electron chi connectivity index (χ2n) is 12.9. The Morgan fingerprint density at radius 3 is 1.68 bits per heavy atom. The highest BCUT2D eigenvalue weighted by molar-refractivity contribution is 6.20. The normalized spacial score (nSPS) is 11.6. The van der Waals surface area contributed by atoms with E-state index in [1.807, 2.05) is 0 Å². The highest BCUT2D eigenvalue weighted by atomic mass is 16.3. The third-order valence-electron chi connectivity index (χ3n) is 9.99. The van der Waals surface area contributed by atoms with Crippen molar-refractivity contribution < 1.29 is 4.42 Å². The molecule has 0 unspecified atom stereocenters. The molecule has 0 aliphatic rings. The highest BCUT2D eigenvalue weighted by Gasteiger charge is 2.22. The lowest BCUT2D eigenvalue weighted by Gasteiger charge is -2.26. The molecule has 0 saturated heterocycles. The van der Waals surface area contributed by atoms with Crippen LogP contribution in [0, 0.1) is 0 Å². The fourth-order valence-corrected chi connectivity index (χ4v) is 7.57. The number of rotatable bonds is 5. The SMILES string of the molecule is c1ccc(-c2ccc(N(c3ccc4ccccc4c3)c3cccc4c3oc3c(-c5ccc6ccccc6c5)c5ccccc5cc34)cc2)cc1. The molecule has 0 radical (unpaired) electrons. The quantitative estimate of drug-likeness (QED) is 0.187. The molecule has 50 heavy (non-hydrogen) atoms. The molecule has 2 heteroatoms. The summed E-state index contributed by atoms with van der Waals surface area (Å²) in [6.45, 7) is 0. The van der Waals surface area contributed by atoms with Crippen LogP contribution in [0.1, 0.15) is 0 Å². The van der Waals surface area contributed by atoms with Crippen molar-refractivity contribution in [1.29, 1.82) is 0 Å². The van der Waals surface area contributed by atoms with Gasteiger partial charge in [0.1, 0.15) is 5.58 Å². The minimum Gasteiger partial charge on any atom is -0.453 e. The molecular formula is C48H31NO. The maximum absolute atomic E-state index is 7.15. The Morgan fingerprint density at radius 1 is 0.320 bits per heavy atom. The average Bonchev–Trinajstić information content (AvgIpc) is 3.56. The van der Waals surface area contributed by atoms with Crippen LogP contribution in [0.5, 0.6) is 0 Å². The van der Waals surface area contributed by atoms with E-state index in [1.165, 1.54) is 43.4 Å². The van der Waals surface area contributed by atoms with Crippen molar-refractivity contribution in [2.45, 2.75) is 0 Å². The van der Waals surface area contributed by atoms with Crippen molar-refractivity contribution in [1.82, 2.24) is 0 Å². The first-order chi connectivity index (χ1) is 24.8. The Kier molecular flexibility index (Phi) is 6.53. The van der Waals surface area contributed by atoms with Crippen LogP contribution in [0.25, 0.3) is 76.5 Å². The van der Waals surface area contributed by atoms with E-state index in [0.717, 1.165) is 50.1 Å². The van der Waals surface area contributed by atoms with E-state index in [4.69, 9.17) is 4.42 Å². The number of hydrogen-bond donors (Lipinski definition) is 0. The van der Waals surface area contributed by atoms with Crippen molar-refractivity contribution in [2.24, 2.45) is 0 Å². The van der Waals surface area contributed by atoms with Crippen LogP contribution in [-0.4, -0.2) is 0 Å². The summed E-state index contributed by atoms with van der Waals surface area (Å²) in [5.74, 6) is 0. The molecule has 9 aromatic carbocycles. The van der Waals surface area contributed by atoms with Gasteiger partial charge in [0.2, 0.25) is 0 Å². The maximum atomic E-state index is 7.15. The fraction of sp³-hybridized carbons (Fsp3) is 0. The van der Waals surface area contributed by atoms with Crippen molar-refractivity contribution in [3.63, 3.8) is 0 Å². The molecule has 10 rings (SSSR count). The molecule has 1 aromatic heterocycles. The van der Waals surface area contributed by atoms with E-state index < -0.39 is 0 Å². The zero-order valence-corrected chi connectivity index (χ0v) is 27.3. The number of furan rings is 1. The highest BCUT2D eigenvalue weighted by Crippen LogP contribution is 2.47. The van der Waals surface area contributed by atoms with Gasteiger partial charge in [0.15, 0.2) is 5.58 Å². The molecule has 10 aromatic rings. The Hall–Kier alpha value is -6.64. The van der Waals surface area contributed by atoms with E-state index in [2.05, 4.69) is 193 Å². The number of para-hydroxylation sites is 1. The molecule has 234 valence electrons. The number of nitrogens with zero attached hydrogens (tertiary/aromatic N) is 1. The Balaban J connectivity index is 1.23. The first-order valence-corrected chi connectivity index (χ1v) is 17.1. The zero-order chi connectivity index (χ0) is 33.0. The van der Waals surface area contributed by atoms with E-state index >= 15 is 0 Å². The summed E-state index contributed by atoms with van der Waals surface area (Å²) in [6, 6.07) is 67.4. The van der Waals surface area contributed by atoms with E-state index in [0.29, 0.717) is 0 Å². The summed E-state index contributed by atoms with van der Waals surface area (Å²) >= 11 is 0. The van der Waals surface area contributed by atoms with Gasteiger partial charge < -0.3 is 9.32 Å². The topological polar surface area (TPSA) is 16.4 Å². The minimum absolute atomic E-state index is 0.861. The zero-order valence-electron chi connectivity index (χ0n) is 27.3. The molecule has 0 amide bonds. The van der Waals surface area contributed by atoms with Crippen LogP contribution >= 0.6 is 0 Å². The summed E-state index contributed by atoms with van der Waals surface area (Å²) in [5, 5.41) is 9.42. The van der Waals surface area contributed by atoms with Crippen LogP contribution in [0.15, 0.2) is 192 Å². The second-order valence-corrected chi connectivity index (χ2v) is 12.9. The number of benzene rings is 9. The molecule has 0 saturated carbocycles. The number of anilines is 3. The lowest BCUT2D eigenvalue weighted by molar-refractivity contribution is 0.670. The largest absolute Gasteiger partial charge is 0.453 e. The molecule has 1 heterocycles. The Morgan fingerprint density at radius 2 is 0.900 bits per heavy atom. The third kappa shape index (κ3) is 4.65. The summed E-state index contributed by atoms with van der Waals surface area (Å²) in [4.78, 5) is 2.33. The van der Waals surface area contributed by atoms with Gasteiger partial charge in [-0.05, 0) is 91.5 Å².